The van der Waals surface area contributed by atoms with Gasteiger partial charge in [0.15, 0.2) is 0 Å². The zero-order chi connectivity index (χ0) is 11.4. The van der Waals surface area contributed by atoms with E-state index in [1.54, 1.807) is 11.3 Å². The third-order valence-electron chi connectivity index (χ3n) is 3.21. The number of nitrogens with zero attached hydrogens (tertiary/aromatic N) is 1. The van der Waals surface area contributed by atoms with Gasteiger partial charge in [0.25, 0.3) is 0 Å². The standard InChI is InChI=1S/C12H18BrNOS/c13-10-7-12(16-9-10)8-14(5-6-15)11-3-1-2-4-11/h7,9,11,15H,1-6,8H2. The van der Waals surface area contributed by atoms with E-state index in [0.29, 0.717) is 6.04 Å². The molecule has 1 aliphatic rings. The number of halogens is 1. The van der Waals surface area contributed by atoms with Gasteiger partial charge in [-0.25, -0.2) is 0 Å². The van der Waals surface area contributed by atoms with E-state index in [0.717, 1.165) is 13.1 Å². The third kappa shape index (κ3) is 3.29. The summed E-state index contributed by atoms with van der Waals surface area (Å²) in [5, 5.41) is 11.3. The van der Waals surface area contributed by atoms with Crippen molar-refractivity contribution in [1.29, 1.82) is 0 Å². The molecule has 0 bridgehead atoms. The average molecular weight is 304 g/mol. The molecule has 1 aromatic rings. The molecule has 0 aliphatic heterocycles. The van der Waals surface area contributed by atoms with Crippen molar-refractivity contribution >= 4 is 27.3 Å². The van der Waals surface area contributed by atoms with Crippen molar-refractivity contribution in [2.75, 3.05) is 13.2 Å². The van der Waals surface area contributed by atoms with Gasteiger partial charge in [-0.3, -0.25) is 4.90 Å². The predicted octanol–water partition coefficient (Wildman–Crippen LogP) is 3.25. The predicted molar refractivity (Wildman–Crippen MR) is 71.8 cm³/mol. The van der Waals surface area contributed by atoms with E-state index in [2.05, 4.69) is 32.3 Å². The molecule has 0 unspecified atom stereocenters. The van der Waals surface area contributed by atoms with Gasteiger partial charge in [-0.15, -0.1) is 11.3 Å². The fraction of sp³-hybridized carbons (Fsp3) is 0.667. The normalized spacial score (nSPS) is 17.4. The van der Waals surface area contributed by atoms with Crippen LogP contribution in [0.5, 0.6) is 0 Å². The monoisotopic (exact) mass is 303 g/mol. The molecule has 1 heterocycles. The topological polar surface area (TPSA) is 23.5 Å². The second kappa shape index (κ2) is 6.15. The van der Waals surface area contributed by atoms with E-state index in [-0.39, 0.29) is 6.61 Å². The molecule has 16 heavy (non-hydrogen) atoms. The van der Waals surface area contributed by atoms with Gasteiger partial charge in [-0.2, -0.15) is 0 Å². The number of aliphatic hydroxyl groups excluding tert-OH is 1. The molecule has 0 spiro atoms. The Morgan fingerprint density at radius 2 is 2.19 bits per heavy atom. The summed E-state index contributed by atoms with van der Waals surface area (Å²) in [6.07, 6.45) is 5.29. The third-order valence-corrected chi connectivity index (χ3v) is 4.89. The van der Waals surface area contributed by atoms with Gasteiger partial charge in [-0.1, -0.05) is 12.8 Å². The highest BCUT2D eigenvalue weighted by molar-refractivity contribution is 9.10. The molecular weight excluding hydrogens is 286 g/mol. The summed E-state index contributed by atoms with van der Waals surface area (Å²) in [5.41, 5.74) is 0. The van der Waals surface area contributed by atoms with Gasteiger partial charge in [0.1, 0.15) is 0 Å². The number of rotatable bonds is 5. The molecule has 2 rings (SSSR count). The zero-order valence-corrected chi connectivity index (χ0v) is 11.8. The Morgan fingerprint density at radius 3 is 2.75 bits per heavy atom. The highest BCUT2D eigenvalue weighted by Crippen LogP contribution is 2.27. The molecule has 1 N–H and O–H groups in total. The van der Waals surface area contributed by atoms with Crippen LogP contribution in [0.25, 0.3) is 0 Å². The SMILES string of the molecule is OCCN(Cc1cc(Br)cs1)C1CCCC1. The van der Waals surface area contributed by atoms with Crippen LogP contribution in [0.1, 0.15) is 30.6 Å². The Balaban J connectivity index is 1.96. The molecule has 0 amide bonds. The van der Waals surface area contributed by atoms with Crippen molar-refractivity contribution in [3.63, 3.8) is 0 Å². The zero-order valence-electron chi connectivity index (χ0n) is 9.36. The van der Waals surface area contributed by atoms with E-state index < -0.39 is 0 Å². The summed E-state index contributed by atoms with van der Waals surface area (Å²) in [6, 6.07) is 2.87. The fourth-order valence-electron chi connectivity index (χ4n) is 2.43. The molecule has 2 nitrogen and oxygen atoms in total. The summed E-state index contributed by atoms with van der Waals surface area (Å²) < 4.78 is 1.17. The summed E-state index contributed by atoms with van der Waals surface area (Å²) in [5.74, 6) is 0. The number of hydrogen-bond acceptors (Lipinski definition) is 3. The van der Waals surface area contributed by atoms with Crippen molar-refractivity contribution in [2.45, 2.75) is 38.3 Å². The van der Waals surface area contributed by atoms with Crippen LogP contribution in [0.15, 0.2) is 15.9 Å². The number of aliphatic hydroxyl groups is 1. The van der Waals surface area contributed by atoms with Crippen molar-refractivity contribution in [3.05, 3.63) is 20.8 Å². The highest BCUT2D eigenvalue weighted by atomic mass is 79.9. The Hall–Kier alpha value is 0.1000. The van der Waals surface area contributed by atoms with Gasteiger partial charge < -0.3 is 5.11 Å². The van der Waals surface area contributed by atoms with Crippen LogP contribution in [0.2, 0.25) is 0 Å². The summed E-state index contributed by atoms with van der Waals surface area (Å²) >= 11 is 5.28. The maximum absolute atomic E-state index is 9.13. The molecule has 0 atom stereocenters. The summed E-state index contributed by atoms with van der Waals surface area (Å²) in [6.45, 7) is 2.06. The Bertz CT molecular complexity index is 323. The Labute approximate surface area is 109 Å². The van der Waals surface area contributed by atoms with Crippen LogP contribution in [0.4, 0.5) is 0 Å². The molecule has 0 radical (unpaired) electrons. The molecule has 1 saturated carbocycles. The van der Waals surface area contributed by atoms with Crippen LogP contribution < -0.4 is 0 Å². The molecule has 1 aromatic heterocycles. The summed E-state index contributed by atoms with van der Waals surface area (Å²) in [7, 11) is 0. The first-order valence-corrected chi connectivity index (χ1v) is 7.54. The highest BCUT2D eigenvalue weighted by Gasteiger charge is 2.22. The van der Waals surface area contributed by atoms with E-state index in [1.807, 2.05) is 0 Å². The van der Waals surface area contributed by atoms with Crippen molar-refractivity contribution < 1.29 is 5.11 Å². The van der Waals surface area contributed by atoms with Crippen molar-refractivity contribution in [2.24, 2.45) is 0 Å². The molecule has 1 aliphatic carbocycles. The maximum atomic E-state index is 9.13. The molecule has 1 fully saturated rings. The quantitative estimate of drug-likeness (QED) is 0.902. The number of hydrogen-bond donors (Lipinski definition) is 1. The average Bonchev–Trinajstić information content (AvgIpc) is 2.88. The lowest BCUT2D eigenvalue weighted by Gasteiger charge is -2.27. The van der Waals surface area contributed by atoms with E-state index in [4.69, 9.17) is 5.11 Å². The first-order chi connectivity index (χ1) is 7.79. The number of thiophene rings is 1. The lowest BCUT2D eigenvalue weighted by atomic mass is 10.2. The van der Waals surface area contributed by atoms with Crippen molar-refractivity contribution in [3.8, 4) is 0 Å². The minimum Gasteiger partial charge on any atom is -0.395 e. The van der Waals surface area contributed by atoms with Crippen molar-refractivity contribution in [1.82, 2.24) is 4.90 Å². The van der Waals surface area contributed by atoms with Crippen LogP contribution in [0, 0.1) is 0 Å². The molecular formula is C12H18BrNOS. The van der Waals surface area contributed by atoms with Gasteiger partial charge in [0.2, 0.25) is 0 Å². The van der Waals surface area contributed by atoms with E-state index in [9.17, 15) is 0 Å². The van der Waals surface area contributed by atoms with Gasteiger partial charge >= 0.3 is 0 Å². The minimum absolute atomic E-state index is 0.267. The fourth-order valence-corrected chi connectivity index (χ4v) is 3.90. The largest absolute Gasteiger partial charge is 0.395 e. The lowest BCUT2D eigenvalue weighted by Crippen LogP contribution is -2.34. The Kier molecular flexibility index (Phi) is 4.82. The van der Waals surface area contributed by atoms with Crippen LogP contribution in [-0.4, -0.2) is 29.2 Å². The van der Waals surface area contributed by atoms with Crippen LogP contribution in [-0.2, 0) is 6.54 Å². The van der Waals surface area contributed by atoms with Crippen LogP contribution >= 0.6 is 27.3 Å². The Morgan fingerprint density at radius 1 is 1.44 bits per heavy atom. The second-order valence-electron chi connectivity index (χ2n) is 4.36. The van der Waals surface area contributed by atoms with Crippen LogP contribution in [0.3, 0.4) is 0 Å². The van der Waals surface area contributed by atoms with E-state index in [1.165, 1.54) is 35.0 Å². The molecule has 90 valence electrons. The molecule has 0 saturated heterocycles. The molecule has 4 heteroatoms. The molecule has 0 aromatic carbocycles. The smallest absolute Gasteiger partial charge is 0.0558 e. The first kappa shape index (κ1) is 12.6. The first-order valence-electron chi connectivity index (χ1n) is 5.87. The van der Waals surface area contributed by atoms with Gasteiger partial charge in [0.05, 0.1) is 6.61 Å². The van der Waals surface area contributed by atoms with Gasteiger partial charge in [-0.05, 0) is 34.8 Å². The van der Waals surface area contributed by atoms with Gasteiger partial charge in [0, 0.05) is 33.9 Å². The minimum atomic E-state index is 0.267. The van der Waals surface area contributed by atoms with E-state index >= 15 is 0 Å². The second-order valence-corrected chi connectivity index (χ2v) is 6.28. The lowest BCUT2D eigenvalue weighted by molar-refractivity contribution is 0.146. The maximum Gasteiger partial charge on any atom is 0.0558 e. The summed E-state index contributed by atoms with van der Waals surface area (Å²) in [4.78, 5) is 3.82.